The number of furan rings is 1. The first-order valence-electron chi connectivity index (χ1n) is 7.11. The van der Waals surface area contributed by atoms with Gasteiger partial charge in [-0.05, 0) is 46.3 Å². The maximum absolute atomic E-state index is 13.3. The van der Waals surface area contributed by atoms with Gasteiger partial charge in [0.15, 0.2) is 11.5 Å². The van der Waals surface area contributed by atoms with Gasteiger partial charge in [-0.1, -0.05) is 12.1 Å². The molecule has 1 aromatic carbocycles. The van der Waals surface area contributed by atoms with Gasteiger partial charge in [0.25, 0.3) is 0 Å². The first-order chi connectivity index (χ1) is 12.3. The number of para-hydroxylation sites is 1. The van der Waals surface area contributed by atoms with Crippen LogP contribution in [-0.4, -0.2) is 16.0 Å². The molecule has 0 aliphatic rings. The minimum Gasteiger partial charge on any atom is -0.463 e. The number of halogens is 4. The number of hydrogen-bond acceptors (Lipinski definition) is 4. The fourth-order valence-electron chi connectivity index (χ4n) is 2.19. The first-order valence-corrected chi connectivity index (χ1v) is 7.91. The average Bonchev–Trinajstić information content (AvgIpc) is 3.10. The van der Waals surface area contributed by atoms with Crippen LogP contribution in [0.25, 0.3) is 11.5 Å². The topological polar surface area (TPSA) is 85.3 Å². The van der Waals surface area contributed by atoms with Gasteiger partial charge < -0.3 is 10.2 Å². The summed E-state index contributed by atoms with van der Waals surface area (Å²) in [5, 5.41) is 0. The monoisotopic (exact) mass is 426 g/mol. The van der Waals surface area contributed by atoms with Crippen LogP contribution in [0.15, 0.2) is 57.6 Å². The Balaban J connectivity index is 2.23. The molecule has 3 rings (SSSR count). The van der Waals surface area contributed by atoms with Crippen molar-refractivity contribution >= 4 is 33.6 Å². The van der Waals surface area contributed by atoms with Gasteiger partial charge in [0.05, 0.1) is 12.0 Å². The Bertz CT molecular complexity index is 945. The first kappa shape index (κ1) is 17.9. The van der Waals surface area contributed by atoms with Crippen LogP contribution < -0.4 is 10.6 Å². The summed E-state index contributed by atoms with van der Waals surface area (Å²) in [4.78, 5) is 20.2. The van der Waals surface area contributed by atoms with Gasteiger partial charge in [0, 0.05) is 4.47 Å². The lowest BCUT2D eigenvalue weighted by atomic mass is 10.2. The van der Waals surface area contributed by atoms with Gasteiger partial charge in [-0.2, -0.15) is 13.2 Å². The van der Waals surface area contributed by atoms with Crippen molar-refractivity contribution in [3.05, 3.63) is 58.9 Å². The third-order valence-electron chi connectivity index (χ3n) is 3.29. The molecule has 134 valence electrons. The Hall–Kier alpha value is -2.88. The van der Waals surface area contributed by atoms with Crippen molar-refractivity contribution in [1.82, 2.24) is 9.97 Å². The second-order valence-corrected chi connectivity index (χ2v) is 5.89. The zero-order valence-corrected chi connectivity index (χ0v) is 14.5. The lowest BCUT2D eigenvalue weighted by Crippen LogP contribution is -2.33. The Morgan fingerprint density at radius 1 is 1.15 bits per heavy atom. The van der Waals surface area contributed by atoms with Gasteiger partial charge in [-0.25, -0.2) is 19.7 Å². The second kappa shape index (κ2) is 6.79. The molecule has 0 unspecified atom stereocenters. The van der Waals surface area contributed by atoms with E-state index < -0.39 is 23.8 Å². The van der Waals surface area contributed by atoms with E-state index in [9.17, 15) is 18.0 Å². The summed E-state index contributed by atoms with van der Waals surface area (Å²) in [7, 11) is 0. The van der Waals surface area contributed by atoms with E-state index in [1.54, 1.807) is 18.2 Å². The number of alkyl halides is 3. The molecule has 0 spiro atoms. The van der Waals surface area contributed by atoms with Crippen molar-refractivity contribution in [3.63, 3.8) is 0 Å². The Kier molecular flexibility index (Phi) is 4.68. The maximum Gasteiger partial charge on any atom is 0.433 e. The molecule has 2 amide bonds. The number of carbonyl (C=O) groups excluding carboxylic acids is 1. The van der Waals surface area contributed by atoms with Gasteiger partial charge in [0.1, 0.15) is 5.69 Å². The molecule has 0 saturated heterocycles. The van der Waals surface area contributed by atoms with E-state index in [0.29, 0.717) is 4.47 Å². The van der Waals surface area contributed by atoms with Crippen LogP contribution in [0.3, 0.4) is 0 Å². The van der Waals surface area contributed by atoms with E-state index in [1.807, 2.05) is 0 Å². The number of anilines is 2. The predicted molar refractivity (Wildman–Crippen MR) is 90.6 cm³/mol. The number of nitrogens with zero attached hydrogens (tertiary/aromatic N) is 3. The van der Waals surface area contributed by atoms with E-state index in [2.05, 4.69) is 25.9 Å². The number of benzene rings is 1. The Labute approximate surface area is 153 Å². The van der Waals surface area contributed by atoms with Crippen molar-refractivity contribution in [3.8, 4) is 11.5 Å². The summed E-state index contributed by atoms with van der Waals surface area (Å²) < 4.78 is 45.4. The zero-order valence-electron chi connectivity index (χ0n) is 12.9. The molecule has 10 heteroatoms. The molecular formula is C16H10BrF3N4O2. The highest BCUT2D eigenvalue weighted by molar-refractivity contribution is 9.10. The van der Waals surface area contributed by atoms with E-state index in [4.69, 9.17) is 10.2 Å². The van der Waals surface area contributed by atoms with Crippen molar-refractivity contribution in [2.75, 3.05) is 4.90 Å². The molecular weight excluding hydrogens is 417 g/mol. The predicted octanol–water partition coefficient (Wildman–Crippen LogP) is 4.73. The molecule has 0 fully saturated rings. The number of nitrogens with two attached hydrogens (primary N) is 1. The molecule has 26 heavy (non-hydrogen) atoms. The van der Waals surface area contributed by atoms with Gasteiger partial charge in [-0.15, -0.1) is 0 Å². The van der Waals surface area contributed by atoms with Crippen LogP contribution in [-0.2, 0) is 6.18 Å². The van der Waals surface area contributed by atoms with Crippen molar-refractivity contribution in [1.29, 1.82) is 0 Å². The number of hydrogen-bond donors (Lipinski definition) is 1. The number of carbonyl (C=O) groups is 1. The van der Waals surface area contributed by atoms with Crippen LogP contribution in [0.2, 0.25) is 0 Å². The molecule has 2 heterocycles. The molecule has 2 N–H and O–H groups in total. The number of rotatable bonds is 3. The highest BCUT2D eigenvalue weighted by Crippen LogP contribution is 2.35. The number of amides is 2. The number of primary amides is 1. The third kappa shape index (κ3) is 3.54. The lowest BCUT2D eigenvalue weighted by Gasteiger charge is -2.21. The van der Waals surface area contributed by atoms with Crippen LogP contribution >= 0.6 is 15.9 Å². The lowest BCUT2D eigenvalue weighted by molar-refractivity contribution is -0.141. The molecule has 0 saturated carbocycles. The van der Waals surface area contributed by atoms with Crippen molar-refractivity contribution in [2.45, 2.75) is 6.18 Å². The minimum absolute atomic E-state index is 0.0932. The summed E-state index contributed by atoms with van der Waals surface area (Å²) in [5.74, 6) is -0.429. The van der Waals surface area contributed by atoms with E-state index in [-0.39, 0.29) is 17.1 Å². The summed E-state index contributed by atoms with van der Waals surface area (Å²) in [6, 6.07) is 9.01. The highest BCUT2D eigenvalue weighted by atomic mass is 79.9. The molecule has 0 radical (unpaired) electrons. The fourth-order valence-corrected chi connectivity index (χ4v) is 2.65. The molecule has 0 atom stereocenters. The summed E-state index contributed by atoms with van der Waals surface area (Å²) in [6.45, 7) is 0. The van der Waals surface area contributed by atoms with Crippen LogP contribution in [0.4, 0.5) is 29.6 Å². The van der Waals surface area contributed by atoms with E-state index in [1.165, 1.54) is 24.5 Å². The molecule has 0 aliphatic carbocycles. The molecule has 0 aliphatic heterocycles. The van der Waals surface area contributed by atoms with Crippen molar-refractivity contribution < 1.29 is 22.4 Å². The van der Waals surface area contributed by atoms with Crippen molar-refractivity contribution in [2.24, 2.45) is 5.73 Å². The number of urea groups is 1. The molecule has 6 nitrogen and oxygen atoms in total. The smallest absolute Gasteiger partial charge is 0.433 e. The van der Waals surface area contributed by atoms with Crippen LogP contribution in [0.5, 0.6) is 0 Å². The van der Waals surface area contributed by atoms with Gasteiger partial charge in [0.2, 0.25) is 5.95 Å². The van der Waals surface area contributed by atoms with Crippen LogP contribution in [0.1, 0.15) is 5.69 Å². The number of aromatic nitrogens is 2. The summed E-state index contributed by atoms with van der Waals surface area (Å²) in [6.07, 6.45) is -3.46. The third-order valence-corrected chi connectivity index (χ3v) is 3.96. The fraction of sp³-hybridized carbons (Fsp3) is 0.0625. The molecule has 3 aromatic rings. The maximum atomic E-state index is 13.3. The Morgan fingerprint density at radius 3 is 2.46 bits per heavy atom. The second-order valence-electron chi connectivity index (χ2n) is 5.04. The summed E-state index contributed by atoms with van der Waals surface area (Å²) in [5.41, 5.74) is 4.21. The normalized spacial score (nSPS) is 11.4. The standard InChI is InChI=1S/C16H10BrF3N4O2/c17-9-4-1-2-5-11(9)24(14(21)25)15-22-10(12-6-3-7-26-12)8-13(23-15)16(18,19)20/h1-8H,(H2,21,25). The van der Waals surface area contributed by atoms with Gasteiger partial charge >= 0.3 is 12.2 Å². The quantitative estimate of drug-likeness (QED) is 0.655. The van der Waals surface area contributed by atoms with Crippen LogP contribution in [0, 0.1) is 0 Å². The Morgan fingerprint density at radius 2 is 1.88 bits per heavy atom. The highest BCUT2D eigenvalue weighted by Gasteiger charge is 2.35. The summed E-state index contributed by atoms with van der Waals surface area (Å²) >= 11 is 3.23. The average molecular weight is 427 g/mol. The minimum atomic E-state index is -4.75. The molecule has 0 bridgehead atoms. The van der Waals surface area contributed by atoms with Gasteiger partial charge in [-0.3, -0.25) is 0 Å². The van der Waals surface area contributed by atoms with E-state index >= 15 is 0 Å². The zero-order chi connectivity index (χ0) is 18.9. The van der Waals surface area contributed by atoms with E-state index in [0.717, 1.165) is 11.0 Å². The SMILES string of the molecule is NC(=O)N(c1nc(-c2ccco2)cc(C(F)(F)F)n1)c1ccccc1Br. The molecule has 2 aromatic heterocycles. The largest absolute Gasteiger partial charge is 0.463 e.